The maximum Gasteiger partial charge on any atom is 0.257 e. The monoisotopic (exact) mass is 207 g/mol. The summed E-state index contributed by atoms with van der Waals surface area (Å²) in [5, 5.41) is 31.5. The summed E-state index contributed by atoms with van der Waals surface area (Å²) in [7, 11) is 1.35. The molecule has 1 aliphatic heterocycles. The third-order valence-corrected chi connectivity index (χ3v) is 2.70. The zero-order chi connectivity index (χ0) is 11.1. The van der Waals surface area contributed by atoms with E-state index in [1.54, 1.807) is 24.3 Å². The Morgan fingerprint density at radius 3 is 2.27 bits per heavy atom. The molecule has 0 saturated carbocycles. The first-order valence-electron chi connectivity index (χ1n) is 4.72. The number of hydrogen-bond acceptors (Lipinski definition) is 3. The summed E-state index contributed by atoms with van der Waals surface area (Å²) >= 11 is 0. The quantitative estimate of drug-likeness (QED) is 0.558. The summed E-state index contributed by atoms with van der Waals surface area (Å²) in [4.78, 5) is 0. The molecule has 2 rings (SSSR count). The van der Waals surface area contributed by atoms with Gasteiger partial charge < -0.3 is 10.4 Å². The van der Waals surface area contributed by atoms with Crippen LogP contribution in [-0.4, -0.2) is 30.7 Å². The fourth-order valence-corrected chi connectivity index (χ4v) is 1.84. The van der Waals surface area contributed by atoms with E-state index in [0.717, 1.165) is 0 Å². The summed E-state index contributed by atoms with van der Waals surface area (Å²) in [5.41, 5.74) is 0.542. The first kappa shape index (κ1) is 10.3. The van der Waals surface area contributed by atoms with Crippen LogP contribution >= 0.6 is 0 Å². The van der Waals surface area contributed by atoms with Gasteiger partial charge in [0.15, 0.2) is 6.54 Å². The van der Waals surface area contributed by atoms with E-state index in [4.69, 9.17) is 5.41 Å². The van der Waals surface area contributed by atoms with Crippen LogP contribution in [0.4, 0.5) is 5.69 Å². The van der Waals surface area contributed by atoms with Gasteiger partial charge in [-0.05, 0) is 12.1 Å². The average Bonchev–Trinajstić information content (AvgIpc) is 2.38. The number of nitrogens with one attached hydrogen (secondary N) is 1. The van der Waals surface area contributed by atoms with Crippen molar-refractivity contribution in [2.45, 2.75) is 0 Å². The van der Waals surface area contributed by atoms with E-state index >= 15 is 0 Å². The van der Waals surface area contributed by atoms with Crippen molar-refractivity contribution in [3.8, 4) is 0 Å². The Hall–Kier alpha value is -1.27. The molecular formula is C10H13N3O2. The number of para-hydroxylation sites is 1. The van der Waals surface area contributed by atoms with Crippen LogP contribution in [0.25, 0.3) is 0 Å². The van der Waals surface area contributed by atoms with E-state index in [1.807, 2.05) is 6.07 Å². The molecule has 1 aliphatic rings. The molecule has 1 heterocycles. The van der Waals surface area contributed by atoms with Crippen LogP contribution in [0.5, 0.6) is 0 Å². The minimum Gasteiger partial charge on any atom is -0.623 e. The molecule has 1 aromatic rings. The summed E-state index contributed by atoms with van der Waals surface area (Å²) in [6.07, 6.45) is 0. The fraction of sp³-hybridized carbons (Fsp3) is 0.300. The third-order valence-electron chi connectivity index (χ3n) is 2.70. The Morgan fingerprint density at radius 1 is 1.20 bits per heavy atom. The lowest BCUT2D eigenvalue weighted by Crippen LogP contribution is -2.46. The summed E-state index contributed by atoms with van der Waals surface area (Å²) in [5.74, 6) is -0.0612. The Balaban J connectivity index is 2.36. The largest absolute Gasteiger partial charge is 0.623 e. The lowest BCUT2D eigenvalue weighted by molar-refractivity contribution is -0.767. The van der Waals surface area contributed by atoms with Gasteiger partial charge >= 0.3 is 0 Å². The molecule has 0 aromatic heterocycles. The lowest BCUT2D eigenvalue weighted by Gasteiger charge is -2.38. The summed E-state index contributed by atoms with van der Waals surface area (Å²) in [6.45, 7) is -0.202. The van der Waals surface area contributed by atoms with Gasteiger partial charge in [0.25, 0.3) is 5.84 Å². The molecule has 80 valence electrons. The maximum absolute atomic E-state index is 12.3. The average molecular weight is 207 g/mol. The van der Waals surface area contributed by atoms with Crippen molar-refractivity contribution in [3.63, 3.8) is 0 Å². The Kier molecular flexibility index (Phi) is 2.13. The minimum atomic E-state index is -0.863. The van der Waals surface area contributed by atoms with Gasteiger partial charge in [-0.2, -0.15) is 0 Å². The van der Waals surface area contributed by atoms with Gasteiger partial charge in [0, 0.05) is 0 Å². The predicted octanol–water partition coefficient (Wildman–Crippen LogP) is 1.38. The Labute approximate surface area is 88.0 Å². The van der Waals surface area contributed by atoms with Gasteiger partial charge in [-0.3, -0.25) is 9.29 Å². The van der Waals surface area contributed by atoms with Crippen LogP contribution in [-0.2, 0) is 0 Å². The van der Waals surface area contributed by atoms with Crippen molar-refractivity contribution in [2.75, 3.05) is 20.3 Å². The molecule has 0 bridgehead atoms. The minimum absolute atomic E-state index is 0.0516. The predicted molar refractivity (Wildman–Crippen MR) is 58.6 cm³/mol. The molecule has 5 heteroatoms. The number of hydrogen-bond donors (Lipinski definition) is 1. The molecule has 0 spiro atoms. The molecule has 1 fully saturated rings. The smallest absolute Gasteiger partial charge is 0.257 e. The van der Waals surface area contributed by atoms with Crippen molar-refractivity contribution in [3.05, 3.63) is 40.7 Å². The topological polar surface area (TPSA) is 70.0 Å². The van der Waals surface area contributed by atoms with Gasteiger partial charge in [-0.1, -0.05) is 18.2 Å². The molecule has 5 nitrogen and oxygen atoms in total. The molecule has 0 aliphatic carbocycles. The van der Waals surface area contributed by atoms with Crippen LogP contribution in [0.1, 0.15) is 0 Å². The molecule has 2 unspecified atom stereocenters. The van der Waals surface area contributed by atoms with Gasteiger partial charge in [0.05, 0.1) is 7.05 Å². The van der Waals surface area contributed by atoms with Gasteiger partial charge in [-0.15, -0.1) is 0 Å². The van der Waals surface area contributed by atoms with Crippen molar-refractivity contribution in [1.82, 2.24) is 4.65 Å². The van der Waals surface area contributed by atoms with Crippen molar-refractivity contribution < 1.29 is 4.65 Å². The number of likely N-dealkylation sites (N-methyl/N-ethyl adjacent to an activating group) is 1. The standard InChI is InChI=1S/C10H13N3O2/c1-12(14)8-13(15,7-10(12)11)9-5-3-2-4-6-9/h2-6,11H,7-8H2,1H3. The summed E-state index contributed by atoms with van der Waals surface area (Å²) in [6, 6.07) is 8.76. The van der Waals surface area contributed by atoms with E-state index in [1.165, 1.54) is 7.05 Å². The van der Waals surface area contributed by atoms with E-state index in [-0.39, 0.29) is 19.0 Å². The SMILES string of the molecule is C[N+]1([O-])C[N+]([O-])(c2ccccc2)CC1=N. The molecule has 0 radical (unpaired) electrons. The zero-order valence-corrected chi connectivity index (χ0v) is 8.51. The van der Waals surface area contributed by atoms with Gasteiger partial charge in [0.1, 0.15) is 5.69 Å². The number of hydroxylamine groups is 5. The van der Waals surface area contributed by atoms with Crippen molar-refractivity contribution >= 4 is 11.5 Å². The third kappa shape index (κ3) is 1.66. The van der Waals surface area contributed by atoms with E-state index in [0.29, 0.717) is 5.69 Å². The fourth-order valence-electron chi connectivity index (χ4n) is 1.84. The highest BCUT2D eigenvalue weighted by Crippen LogP contribution is 2.29. The highest BCUT2D eigenvalue weighted by Gasteiger charge is 2.42. The van der Waals surface area contributed by atoms with Crippen LogP contribution in [0.15, 0.2) is 30.3 Å². The lowest BCUT2D eigenvalue weighted by atomic mass is 10.3. The molecule has 0 amide bonds. The molecule has 2 atom stereocenters. The van der Waals surface area contributed by atoms with Crippen molar-refractivity contribution in [1.29, 1.82) is 5.41 Å². The van der Waals surface area contributed by atoms with Crippen LogP contribution in [0, 0.1) is 15.8 Å². The van der Waals surface area contributed by atoms with E-state index < -0.39 is 9.29 Å². The number of quaternary nitrogens is 2. The van der Waals surface area contributed by atoms with E-state index in [9.17, 15) is 10.4 Å². The zero-order valence-electron chi connectivity index (χ0n) is 8.51. The van der Waals surface area contributed by atoms with Crippen molar-refractivity contribution in [2.24, 2.45) is 0 Å². The van der Waals surface area contributed by atoms with Gasteiger partial charge in [-0.25, -0.2) is 5.41 Å². The number of nitrogens with zero attached hydrogens (tertiary/aromatic N) is 2. The number of amidine groups is 1. The Morgan fingerprint density at radius 2 is 1.80 bits per heavy atom. The molecule has 1 N–H and O–H groups in total. The van der Waals surface area contributed by atoms with E-state index in [2.05, 4.69) is 0 Å². The van der Waals surface area contributed by atoms with Gasteiger partial charge in [0.2, 0.25) is 6.67 Å². The first-order chi connectivity index (χ1) is 6.94. The maximum atomic E-state index is 12.3. The first-order valence-corrected chi connectivity index (χ1v) is 4.72. The molecule has 15 heavy (non-hydrogen) atoms. The molecular weight excluding hydrogens is 194 g/mol. The number of rotatable bonds is 1. The normalized spacial score (nSPS) is 35.8. The molecule has 1 aromatic carbocycles. The second kappa shape index (κ2) is 3.11. The van der Waals surface area contributed by atoms with Crippen LogP contribution < -0.4 is 4.65 Å². The second-order valence-electron chi connectivity index (χ2n) is 4.07. The highest BCUT2D eigenvalue weighted by atomic mass is 16.6. The second-order valence-corrected chi connectivity index (χ2v) is 4.07. The van der Waals surface area contributed by atoms with Crippen LogP contribution in [0.2, 0.25) is 0 Å². The highest BCUT2D eigenvalue weighted by molar-refractivity contribution is 5.79. The summed E-state index contributed by atoms with van der Waals surface area (Å²) < 4.78 is -1.59. The Bertz CT molecular complexity index is 391. The number of benzene rings is 1. The molecule has 1 saturated heterocycles. The van der Waals surface area contributed by atoms with Crippen LogP contribution in [0.3, 0.4) is 0 Å².